The SMILES string of the molecule is C=CC(=O)N1CC(F)C(N(C)c2nc(OCC34CCCN3CC(F)C4)nc3cc(-c4ccc(F)c5sc(N)c(C#N)c45)c(C(F)(F)F)nc23)C1. The lowest BCUT2D eigenvalue weighted by molar-refractivity contribution is -0.140. The maximum absolute atomic E-state index is 15.5. The first-order valence-corrected chi connectivity index (χ1v) is 16.6. The fourth-order valence-electron chi connectivity index (χ4n) is 7.51. The number of halogens is 6. The molecule has 3 aliphatic rings. The largest absolute Gasteiger partial charge is 0.461 e. The molecule has 7 rings (SSSR count). The van der Waals surface area contributed by atoms with Crippen LogP contribution < -0.4 is 15.4 Å². The van der Waals surface area contributed by atoms with Gasteiger partial charge in [-0.1, -0.05) is 12.6 Å². The quantitative estimate of drug-likeness (QED) is 0.191. The minimum absolute atomic E-state index is 0.00191. The standard InChI is InChI=1S/C33H30F6N8O2S/c1-3-24(48)46-13-21(36)23(14-46)45(2)30-26-22(42-31(44-30)49-15-32-7-4-8-47(32)12-16(34)10-32)9-18(28(43-26)33(37,38)39)17-5-6-20(35)27-25(17)19(11-40)29(41)50-27/h3,5-6,9,16,21,23H,1,4,7-8,10,12-15,41H2,2H3. The predicted molar refractivity (Wildman–Crippen MR) is 175 cm³/mol. The molecule has 3 aromatic heterocycles. The van der Waals surface area contributed by atoms with Gasteiger partial charge >= 0.3 is 12.2 Å². The molecule has 0 bridgehead atoms. The summed E-state index contributed by atoms with van der Waals surface area (Å²) in [6, 6.07) is 3.77. The maximum Gasteiger partial charge on any atom is 0.433 e. The van der Waals surface area contributed by atoms with Crippen LogP contribution in [-0.2, 0) is 11.0 Å². The molecule has 0 aliphatic carbocycles. The third-order valence-electron chi connectivity index (χ3n) is 9.89. The second kappa shape index (κ2) is 12.3. The van der Waals surface area contributed by atoms with Crippen LogP contribution in [-0.4, -0.2) is 94.4 Å². The molecular weight excluding hydrogens is 686 g/mol. The number of fused-ring (bicyclic) bond motifs is 3. The van der Waals surface area contributed by atoms with Gasteiger partial charge in [0.05, 0.1) is 33.9 Å². The molecule has 4 unspecified atom stereocenters. The first-order chi connectivity index (χ1) is 23.7. The van der Waals surface area contributed by atoms with Crippen LogP contribution in [0.25, 0.3) is 32.2 Å². The van der Waals surface area contributed by atoms with E-state index in [-0.39, 0.29) is 81.7 Å². The van der Waals surface area contributed by atoms with Gasteiger partial charge in [0.15, 0.2) is 11.5 Å². The summed E-state index contributed by atoms with van der Waals surface area (Å²) in [6.07, 6.45) is -4.94. The van der Waals surface area contributed by atoms with E-state index in [4.69, 9.17) is 10.5 Å². The van der Waals surface area contributed by atoms with E-state index in [2.05, 4.69) is 21.5 Å². The van der Waals surface area contributed by atoms with Crippen molar-refractivity contribution in [2.24, 2.45) is 0 Å². The molecule has 3 saturated heterocycles. The topological polar surface area (TPSA) is 125 Å². The number of alkyl halides is 5. The number of hydrogen-bond donors (Lipinski definition) is 1. The molecule has 0 saturated carbocycles. The number of carbonyl (C=O) groups excluding carboxylic acids is 1. The highest BCUT2D eigenvalue weighted by atomic mass is 32.1. The van der Waals surface area contributed by atoms with Gasteiger partial charge in [0.1, 0.15) is 41.4 Å². The number of likely N-dealkylation sites (N-methyl/N-ethyl adjacent to an activating group) is 1. The molecule has 3 aliphatic heterocycles. The number of rotatable bonds is 7. The van der Waals surface area contributed by atoms with Crippen LogP contribution in [0, 0.1) is 17.1 Å². The summed E-state index contributed by atoms with van der Waals surface area (Å²) in [5.41, 5.74) is 2.67. The lowest BCUT2D eigenvalue weighted by Gasteiger charge is -2.31. The normalized spacial score (nSPS) is 23.8. The first kappa shape index (κ1) is 33.8. The summed E-state index contributed by atoms with van der Waals surface area (Å²) < 4.78 is 95.5. The summed E-state index contributed by atoms with van der Waals surface area (Å²) in [6.45, 7) is 3.99. The maximum atomic E-state index is 15.5. The Morgan fingerprint density at radius 2 is 2.02 bits per heavy atom. The van der Waals surface area contributed by atoms with E-state index in [1.807, 2.05) is 11.0 Å². The Hall–Kier alpha value is -4.69. The van der Waals surface area contributed by atoms with E-state index in [0.717, 1.165) is 42.0 Å². The van der Waals surface area contributed by atoms with Gasteiger partial charge in [-0.2, -0.15) is 28.4 Å². The highest BCUT2D eigenvalue weighted by molar-refractivity contribution is 7.23. The zero-order chi connectivity index (χ0) is 35.7. The Morgan fingerprint density at radius 3 is 2.74 bits per heavy atom. The van der Waals surface area contributed by atoms with E-state index in [9.17, 15) is 32.0 Å². The first-order valence-electron chi connectivity index (χ1n) is 15.8. The van der Waals surface area contributed by atoms with E-state index < -0.39 is 53.1 Å². The Labute approximate surface area is 285 Å². The Balaban J connectivity index is 1.41. The van der Waals surface area contributed by atoms with Crippen LogP contribution >= 0.6 is 11.3 Å². The van der Waals surface area contributed by atoms with E-state index in [1.165, 1.54) is 16.8 Å². The number of hydrogen-bond acceptors (Lipinski definition) is 10. The smallest absolute Gasteiger partial charge is 0.433 e. The molecule has 6 heterocycles. The number of anilines is 2. The zero-order valence-corrected chi connectivity index (χ0v) is 27.4. The molecule has 262 valence electrons. The van der Waals surface area contributed by atoms with Gasteiger partial charge < -0.3 is 20.3 Å². The number of carbonyl (C=O) groups is 1. The number of pyridine rings is 1. The monoisotopic (exact) mass is 716 g/mol. The number of amides is 1. The average Bonchev–Trinajstić information content (AvgIpc) is 3.82. The summed E-state index contributed by atoms with van der Waals surface area (Å²) in [5.74, 6) is -1.48. The third-order valence-corrected chi connectivity index (χ3v) is 10.9. The van der Waals surface area contributed by atoms with Crippen molar-refractivity contribution in [3.63, 3.8) is 0 Å². The summed E-state index contributed by atoms with van der Waals surface area (Å²) in [5, 5.41) is 9.64. The van der Waals surface area contributed by atoms with Gasteiger partial charge in [-0.3, -0.25) is 9.69 Å². The van der Waals surface area contributed by atoms with Crippen molar-refractivity contribution in [2.45, 2.75) is 49.4 Å². The van der Waals surface area contributed by atoms with Crippen LogP contribution in [0.1, 0.15) is 30.5 Å². The van der Waals surface area contributed by atoms with Crippen molar-refractivity contribution in [3.05, 3.63) is 47.9 Å². The molecular formula is C33H30F6N8O2S. The predicted octanol–water partition coefficient (Wildman–Crippen LogP) is 5.64. The number of benzene rings is 1. The van der Waals surface area contributed by atoms with Crippen LogP contribution in [0.4, 0.5) is 37.2 Å². The van der Waals surface area contributed by atoms with E-state index in [1.54, 1.807) is 0 Å². The zero-order valence-electron chi connectivity index (χ0n) is 26.6. The van der Waals surface area contributed by atoms with E-state index >= 15 is 4.39 Å². The molecule has 0 spiro atoms. The van der Waals surface area contributed by atoms with Gasteiger partial charge in [-0.15, -0.1) is 11.3 Å². The second-order valence-corrected chi connectivity index (χ2v) is 13.9. The molecule has 4 atom stereocenters. The van der Waals surface area contributed by atoms with Crippen LogP contribution in [0.5, 0.6) is 6.01 Å². The molecule has 10 nitrogen and oxygen atoms in total. The number of nitrogen functional groups attached to an aromatic ring is 1. The van der Waals surface area contributed by atoms with Crippen LogP contribution in [0.2, 0.25) is 0 Å². The second-order valence-electron chi connectivity index (χ2n) is 12.8. The van der Waals surface area contributed by atoms with Crippen molar-refractivity contribution < 1.29 is 35.9 Å². The number of thiophene rings is 1. The summed E-state index contributed by atoms with van der Waals surface area (Å²) in [4.78, 5) is 29.7. The van der Waals surface area contributed by atoms with Gasteiger partial charge in [-0.25, -0.2) is 18.2 Å². The molecule has 50 heavy (non-hydrogen) atoms. The molecule has 0 radical (unpaired) electrons. The minimum atomic E-state index is -5.07. The molecule has 1 aromatic carbocycles. The number of likely N-dealkylation sites (tertiary alicyclic amines) is 1. The molecule has 3 fully saturated rings. The highest BCUT2D eigenvalue weighted by Gasteiger charge is 2.49. The Kier molecular flexibility index (Phi) is 8.29. The summed E-state index contributed by atoms with van der Waals surface area (Å²) in [7, 11) is 1.42. The lowest BCUT2D eigenvalue weighted by Crippen LogP contribution is -2.43. The lowest BCUT2D eigenvalue weighted by atomic mass is 9.95. The van der Waals surface area contributed by atoms with E-state index in [0.29, 0.717) is 13.0 Å². The van der Waals surface area contributed by atoms with Crippen molar-refractivity contribution in [3.8, 4) is 23.2 Å². The minimum Gasteiger partial charge on any atom is -0.461 e. The molecule has 17 heteroatoms. The van der Waals surface area contributed by atoms with Crippen molar-refractivity contribution in [1.29, 1.82) is 5.26 Å². The number of nitrogens with zero attached hydrogens (tertiary/aromatic N) is 7. The Morgan fingerprint density at radius 1 is 1.24 bits per heavy atom. The van der Waals surface area contributed by atoms with Crippen LogP contribution in [0.3, 0.4) is 0 Å². The van der Waals surface area contributed by atoms with Crippen molar-refractivity contribution >= 4 is 49.2 Å². The van der Waals surface area contributed by atoms with Gasteiger partial charge in [0, 0.05) is 37.5 Å². The number of ether oxygens (including phenoxy) is 1. The van der Waals surface area contributed by atoms with Gasteiger partial charge in [0.25, 0.3) is 0 Å². The molecule has 4 aromatic rings. The summed E-state index contributed by atoms with van der Waals surface area (Å²) >= 11 is 0.734. The molecule has 2 N–H and O–H groups in total. The van der Waals surface area contributed by atoms with Crippen LogP contribution in [0.15, 0.2) is 30.9 Å². The number of nitriles is 1. The van der Waals surface area contributed by atoms with Crippen molar-refractivity contribution in [1.82, 2.24) is 24.8 Å². The fourth-order valence-corrected chi connectivity index (χ4v) is 8.46. The van der Waals surface area contributed by atoms with Gasteiger partial charge in [0.2, 0.25) is 5.91 Å². The third kappa shape index (κ3) is 5.54. The fraction of sp³-hybridized carbons (Fsp3) is 0.424. The number of nitrogens with two attached hydrogens (primary N) is 1. The number of aromatic nitrogens is 3. The molecule has 1 amide bonds. The van der Waals surface area contributed by atoms with Gasteiger partial charge in [-0.05, 0) is 43.2 Å². The average molecular weight is 717 g/mol. The highest BCUT2D eigenvalue weighted by Crippen LogP contribution is 2.46. The Bertz CT molecular complexity index is 2090. The van der Waals surface area contributed by atoms with Crippen molar-refractivity contribution in [2.75, 3.05) is 50.5 Å².